The Balaban J connectivity index is 2.23. The summed E-state index contributed by atoms with van der Waals surface area (Å²) in [6.45, 7) is 4.88. The molecule has 1 aromatic carbocycles. The van der Waals surface area contributed by atoms with Gasteiger partial charge in [0.2, 0.25) is 11.7 Å². The first kappa shape index (κ1) is 14.1. The molecule has 0 aliphatic heterocycles. The minimum Gasteiger partial charge on any atom is -0.339 e. The maximum absolute atomic E-state index is 11.0. The summed E-state index contributed by atoms with van der Waals surface area (Å²) < 4.78 is 5.15. The van der Waals surface area contributed by atoms with Gasteiger partial charge in [-0.05, 0) is 19.5 Å². The summed E-state index contributed by atoms with van der Waals surface area (Å²) >= 11 is 0. The van der Waals surface area contributed by atoms with Gasteiger partial charge in [0.1, 0.15) is 5.56 Å². The zero-order chi connectivity index (χ0) is 14.5. The Labute approximate surface area is 116 Å². The highest BCUT2D eigenvalue weighted by molar-refractivity contribution is 5.67. The summed E-state index contributed by atoms with van der Waals surface area (Å²) in [7, 11) is 0. The van der Waals surface area contributed by atoms with Gasteiger partial charge >= 0.3 is 0 Å². The van der Waals surface area contributed by atoms with Gasteiger partial charge in [-0.25, -0.2) is 0 Å². The van der Waals surface area contributed by atoms with Crippen LogP contribution in [0.4, 0.5) is 5.69 Å². The van der Waals surface area contributed by atoms with Crippen LogP contribution in [0, 0.1) is 10.1 Å². The van der Waals surface area contributed by atoms with Gasteiger partial charge in [-0.15, -0.1) is 0 Å². The summed E-state index contributed by atoms with van der Waals surface area (Å²) in [5.74, 6) is 0.711. The highest BCUT2D eigenvalue weighted by Gasteiger charge is 2.19. The molecule has 1 atom stereocenters. The Morgan fingerprint density at radius 1 is 1.45 bits per heavy atom. The lowest BCUT2D eigenvalue weighted by Gasteiger charge is -2.07. The molecule has 1 aromatic heterocycles. The highest BCUT2D eigenvalue weighted by atomic mass is 16.6. The molecular formula is C13H16N4O3. The van der Waals surface area contributed by atoms with Crippen LogP contribution in [0.3, 0.4) is 0 Å². The molecule has 0 saturated carbocycles. The van der Waals surface area contributed by atoms with E-state index in [0.29, 0.717) is 17.9 Å². The Bertz CT molecular complexity index is 597. The van der Waals surface area contributed by atoms with Crippen LogP contribution >= 0.6 is 0 Å². The smallest absolute Gasteiger partial charge is 0.280 e. The van der Waals surface area contributed by atoms with Crippen molar-refractivity contribution in [2.24, 2.45) is 0 Å². The molecule has 2 rings (SSSR count). The van der Waals surface area contributed by atoms with Crippen LogP contribution in [0.1, 0.15) is 19.7 Å². The molecule has 20 heavy (non-hydrogen) atoms. The fourth-order valence-corrected chi connectivity index (χ4v) is 1.95. The number of aromatic nitrogens is 2. The number of nitrogens with zero attached hydrogens (tertiary/aromatic N) is 3. The molecule has 0 saturated heterocycles. The minimum atomic E-state index is -0.452. The second-order valence-electron chi connectivity index (χ2n) is 4.45. The zero-order valence-electron chi connectivity index (χ0n) is 11.4. The normalized spacial score (nSPS) is 12.3. The first-order valence-electron chi connectivity index (χ1n) is 6.41. The fourth-order valence-electron chi connectivity index (χ4n) is 1.95. The Morgan fingerprint density at radius 3 is 2.90 bits per heavy atom. The van der Waals surface area contributed by atoms with E-state index < -0.39 is 4.92 Å². The summed E-state index contributed by atoms with van der Waals surface area (Å²) in [4.78, 5) is 14.7. The molecule has 0 fully saturated rings. The summed E-state index contributed by atoms with van der Waals surface area (Å²) in [5.41, 5.74) is 0.336. The van der Waals surface area contributed by atoms with Gasteiger partial charge in [-0.1, -0.05) is 24.2 Å². The van der Waals surface area contributed by atoms with Crippen LogP contribution in [-0.2, 0) is 6.42 Å². The third kappa shape index (κ3) is 3.18. The van der Waals surface area contributed by atoms with Crippen molar-refractivity contribution in [3.05, 3.63) is 40.3 Å². The monoisotopic (exact) mass is 276 g/mol. The van der Waals surface area contributed by atoms with Crippen LogP contribution in [0.2, 0.25) is 0 Å². The number of hydrogen-bond acceptors (Lipinski definition) is 6. The van der Waals surface area contributed by atoms with Crippen molar-refractivity contribution >= 4 is 5.69 Å². The standard InChI is InChI=1S/C13H16N4O3/c1-3-14-9(2)8-12-15-13(16-20-12)10-6-4-5-7-11(10)17(18)19/h4-7,9,14H,3,8H2,1-2H3. The van der Waals surface area contributed by atoms with Gasteiger partial charge in [0, 0.05) is 18.5 Å². The van der Waals surface area contributed by atoms with Crippen LogP contribution < -0.4 is 5.32 Å². The quantitative estimate of drug-likeness (QED) is 0.642. The second kappa shape index (κ2) is 6.25. The van der Waals surface area contributed by atoms with Gasteiger partial charge in [-0.2, -0.15) is 4.98 Å². The Hall–Kier alpha value is -2.28. The predicted molar refractivity (Wildman–Crippen MR) is 73.2 cm³/mol. The van der Waals surface area contributed by atoms with Crippen LogP contribution in [0.25, 0.3) is 11.4 Å². The third-order valence-corrected chi connectivity index (χ3v) is 2.84. The van der Waals surface area contributed by atoms with E-state index in [1.165, 1.54) is 6.07 Å². The Kier molecular flexibility index (Phi) is 4.41. The summed E-state index contributed by atoms with van der Waals surface area (Å²) in [6, 6.07) is 6.56. The third-order valence-electron chi connectivity index (χ3n) is 2.84. The van der Waals surface area contributed by atoms with Crippen LogP contribution in [0.5, 0.6) is 0 Å². The van der Waals surface area contributed by atoms with E-state index in [0.717, 1.165) is 6.54 Å². The van der Waals surface area contributed by atoms with E-state index in [9.17, 15) is 10.1 Å². The molecule has 106 valence electrons. The number of likely N-dealkylation sites (N-methyl/N-ethyl adjacent to an activating group) is 1. The molecular weight excluding hydrogens is 260 g/mol. The largest absolute Gasteiger partial charge is 0.339 e. The molecule has 7 nitrogen and oxygen atoms in total. The summed E-state index contributed by atoms with van der Waals surface area (Å²) in [5, 5.41) is 18.0. The Morgan fingerprint density at radius 2 is 2.20 bits per heavy atom. The maximum Gasteiger partial charge on any atom is 0.280 e. The van der Waals surface area contributed by atoms with Gasteiger partial charge < -0.3 is 9.84 Å². The molecule has 1 heterocycles. The average molecular weight is 276 g/mol. The average Bonchev–Trinajstić information content (AvgIpc) is 2.87. The molecule has 0 bridgehead atoms. The SMILES string of the molecule is CCNC(C)Cc1nc(-c2ccccc2[N+](=O)[O-])no1. The number of nitro groups is 1. The first-order chi connectivity index (χ1) is 9.61. The van der Waals surface area contributed by atoms with Crippen molar-refractivity contribution in [3.63, 3.8) is 0 Å². The van der Waals surface area contributed by atoms with Gasteiger partial charge in [0.05, 0.1) is 4.92 Å². The van der Waals surface area contributed by atoms with Crippen molar-refractivity contribution in [3.8, 4) is 11.4 Å². The van der Waals surface area contributed by atoms with E-state index in [1.54, 1.807) is 18.2 Å². The molecule has 7 heteroatoms. The highest BCUT2D eigenvalue weighted by Crippen LogP contribution is 2.27. The lowest BCUT2D eigenvalue weighted by molar-refractivity contribution is -0.384. The van der Waals surface area contributed by atoms with Crippen LogP contribution in [-0.4, -0.2) is 27.7 Å². The first-order valence-corrected chi connectivity index (χ1v) is 6.41. The maximum atomic E-state index is 11.0. The molecule has 0 radical (unpaired) electrons. The predicted octanol–water partition coefficient (Wildman–Crippen LogP) is 2.19. The van der Waals surface area contributed by atoms with Gasteiger partial charge in [0.15, 0.2) is 0 Å². The zero-order valence-corrected chi connectivity index (χ0v) is 11.4. The lowest BCUT2D eigenvalue weighted by atomic mass is 10.1. The lowest BCUT2D eigenvalue weighted by Crippen LogP contribution is -2.27. The van der Waals surface area contributed by atoms with E-state index in [1.807, 2.05) is 13.8 Å². The van der Waals surface area contributed by atoms with Gasteiger partial charge in [-0.3, -0.25) is 10.1 Å². The molecule has 0 aliphatic carbocycles. The molecule has 1 unspecified atom stereocenters. The molecule has 2 aromatic rings. The van der Waals surface area contributed by atoms with Crippen LogP contribution in [0.15, 0.2) is 28.8 Å². The number of para-hydroxylation sites is 1. The number of benzene rings is 1. The minimum absolute atomic E-state index is 0.0282. The van der Waals surface area contributed by atoms with Crippen molar-refractivity contribution in [1.29, 1.82) is 0 Å². The topological polar surface area (TPSA) is 94.1 Å². The number of nitro benzene ring substituents is 1. The molecule has 0 amide bonds. The van der Waals surface area contributed by atoms with E-state index in [-0.39, 0.29) is 17.6 Å². The van der Waals surface area contributed by atoms with Crippen molar-refractivity contribution in [2.45, 2.75) is 26.3 Å². The molecule has 0 spiro atoms. The number of hydrogen-bond donors (Lipinski definition) is 1. The van der Waals surface area contributed by atoms with Gasteiger partial charge in [0.25, 0.3) is 5.69 Å². The molecule has 1 N–H and O–H groups in total. The van der Waals surface area contributed by atoms with E-state index in [4.69, 9.17) is 4.52 Å². The van der Waals surface area contributed by atoms with Crippen molar-refractivity contribution in [2.75, 3.05) is 6.54 Å². The van der Waals surface area contributed by atoms with Crippen molar-refractivity contribution < 1.29 is 9.45 Å². The fraction of sp³-hybridized carbons (Fsp3) is 0.385. The van der Waals surface area contributed by atoms with E-state index >= 15 is 0 Å². The second-order valence-corrected chi connectivity index (χ2v) is 4.45. The molecule has 0 aliphatic rings. The van der Waals surface area contributed by atoms with Crippen molar-refractivity contribution in [1.82, 2.24) is 15.5 Å². The number of rotatable bonds is 6. The number of nitrogens with one attached hydrogen (secondary N) is 1. The van der Waals surface area contributed by atoms with E-state index in [2.05, 4.69) is 15.5 Å². The summed E-state index contributed by atoms with van der Waals surface area (Å²) in [6.07, 6.45) is 0.585.